The van der Waals surface area contributed by atoms with Crippen molar-refractivity contribution >= 4 is 42.4 Å². The summed E-state index contributed by atoms with van der Waals surface area (Å²) in [6, 6.07) is 23.2. The number of ether oxygens (including phenoxy) is 2. The minimum atomic E-state index is -2.48. The summed E-state index contributed by atoms with van der Waals surface area (Å²) in [5.74, 6) is 0.0547. The van der Waals surface area contributed by atoms with Crippen molar-refractivity contribution in [3.05, 3.63) is 83.9 Å². The second-order valence-corrected chi connectivity index (χ2v) is 18.8. The number of methoxy groups -OCH3 is 1. The molecule has 6 rings (SSSR count). The number of carbonyl (C=O) groups is 3. The molecule has 3 aromatic rings. The average Bonchev–Trinajstić information content (AvgIpc) is 3.80. The maximum absolute atomic E-state index is 14.5. The summed E-state index contributed by atoms with van der Waals surface area (Å²) in [6.07, 6.45) is 1.22. The van der Waals surface area contributed by atoms with Crippen LogP contribution in [0.2, 0.25) is 18.6 Å². The van der Waals surface area contributed by atoms with Gasteiger partial charge < -0.3 is 35.0 Å². The molecule has 0 aromatic heterocycles. The first kappa shape index (κ1) is 34.8. The summed E-state index contributed by atoms with van der Waals surface area (Å²) in [5.41, 5.74) is 1.53. The highest BCUT2D eigenvalue weighted by Crippen LogP contribution is 2.60. The van der Waals surface area contributed by atoms with Gasteiger partial charge in [0, 0.05) is 37.3 Å². The van der Waals surface area contributed by atoms with Crippen molar-refractivity contribution in [3.63, 3.8) is 0 Å². The number of likely N-dealkylation sites (N-methyl/N-ethyl adjacent to an activating group) is 1. The van der Waals surface area contributed by atoms with Gasteiger partial charge in [-0.25, -0.2) is 0 Å². The van der Waals surface area contributed by atoms with E-state index in [1.54, 1.807) is 24.0 Å². The molecule has 1 spiro atoms. The molecule has 5 atom stereocenters. The lowest BCUT2D eigenvalue weighted by Crippen LogP contribution is -2.52. The fourth-order valence-electron chi connectivity index (χ4n) is 8.35. The zero-order valence-electron chi connectivity index (χ0n) is 29.1. The summed E-state index contributed by atoms with van der Waals surface area (Å²) >= 11 is 0. The van der Waals surface area contributed by atoms with E-state index in [0.717, 1.165) is 36.4 Å². The Hall–Kier alpha value is -4.03. The van der Waals surface area contributed by atoms with Crippen molar-refractivity contribution in [1.29, 1.82) is 0 Å². The van der Waals surface area contributed by atoms with Crippen LogP contribution in [-0.2, 0) is 31.3 Å². The summed E-state index contributed by atoms with van der Waals surface area (Å²) in [4.78, 5) is 45.1. The number of rotatable bonds is 11. The average molecular weight is 685 g/mol. The molecule has 3 heterocycles. The number of hydrogen-bond donors (Lipinski definition) is 3. The highest BCUT2D eigenvalue weighted by Gasteiger charge is 2.66. The van der Waals surface area contributed by atoms with Gasteiger partial charge in [0.15, 0.2) is 5.60 Å². The molecule has 0 aliphatic carbocycles. The summed E-state index contributed by atoms with van der Waals surface area (Å²) in [5, 5.41) is 17.4. The lowest BCUT2D eigenvalue weighted by atomic mass is 9.82. The van der Waals surface area contributed by atoms with Gasteiger partial charge in [0.2, 0.25) is 11.8 Å². The number of aliphatic hydroxyl groups excluding tert-OH is 1. The van der Waals surface area contributed by atoms with E-state index in [1.807, 2.05) is 60.7 Å². The van der Waals surface area contributed by atoms with Crippen molar-refractivity contribution in [2.45, 2.75) is 69.1 Å². The number of anilines is 2. The first-order valence-corrected chi connectivity index (χ1v) is 20.3. The number of benzene rings is 3. The van der Waals surface area contributed by atoms with Crippen LogP contribution < -0.4 is 25.5 Å². The smallest absolute Gasteiger partial charge is 0.264 e. The van der Waals surface area contributed by atoms with Crippen molar-refractivity contribution in [2.24, 2.45) is 5.92 Å². The van der Waals surface area contributed by atoms with Gasteiger partial charge in [-0.05, 0) is 60.8 Å². The van der Waals surface area contributed by atoms with E-state index in [2.05, 4.69) is 42.8 Å². The Labute approximate surface area is 289 Å². The Kier molecular flexibility index (Phi) is 9.99. The molecular formula is C38H48N4O6Si. The number of amides is 3. The van der Waals surface area contributed by atoms with Crippen LogP contribution in [0.25, 0.3) is 0 Å². The SMILES string of the molecule is COc1ccc([Si](C)(C)[C@H]2[C@H](CC(=O)N(CCO)Cc3ccccc3)O[C@@]3(C(=O)N(C)c4ccc(NC(=O)[C@H]5CCCN5)cc43)[C@@H]2C)cc1. The molecule has 3 aromatic carbocycles. The second kappa shape index (κ2) is 14.1. The fraction of sp³-hybridized carbons (Fsp3) is 0.447. The van der Waals surface area contributed by atoms with Crippen molar-refractivity contribution in [1.82, 2.24) is 10.2 Å². The van der Waals surface area contributed by atoms with Gasteiger partial charge in [-0.2, -0.15) is 0 Å². The molecule has 0 radical (unpaired) electrons. The summed E-state index contributed by atoms with van der Waals surface area (Å²) in [6.45, 7) is 7.84. The number of carbonyl (C=O) groups excluding carboxylic acids is 3. The molecule has 260 valence electrons. The molecule has 3 N–H and O–H groups in total. The first-order valence-electron chi connectivity index (χ1n) is 17.2. The van der Waals surface area contributed by atoms with Gasteiger partial charge >= 0.3 is 0 Å². The second-order valence-electron chi connectivity index (χ2n) is 14.1. The van der Waals surface area contributed by atoms with E-state index in [4.69, 9.17) is 9.47 Å². The van der Waals surface area contributed by atoms with Gasteiger partial charge in [0.05, 0.1) is 46.0 Å². The highest BCUT2D eigenvalue weighted by atomic mass is 28.3. The lowest BCUT2D eigenvalue weighted by molar-refractivity contribution is -0.149. The topological polar surface area (TPSA) is 120 Å². The van der Waals surface area contributed by atoms with Gasteiger partial charge in [-0.15, -0.1) is 0 Å². The van der Waals surface area contributed by atoms with Crippen LogP contribution in [0, 0.1) is 5.92 Å². The number of nitrogens with zero attached hydrogens (tertiary/aromatic N) is 2. The van der Waals surface area contributed by atoms with Crippen LogP contribution in [0.3, 0.4) is 0 Å². The van der Waals surface area contributed by atoms with E-state index < -0.39 is 19.8 Å². The number of nitrogens with one attached hydrogen (secondary N) is 2. The van der Waals surface area contributed by atoms with Crippen molar-refractivity contribution in [3.8, 4) is 5.75 Å². The number of aliphatic hydroxyl groups is 1. The molecule has 2 fully saturated rings. The molecule has 0 saturated carbocycles. The molecule has 3 aliphatic rings. The van der Waals surface area contributed by atoms with E-state index in [9.17, 15) is 19.5 Å². The van der Waals surface area contributed by atoms with Crippen LogP contribution in [-0.4, -0.2) is 81.8 Å². The van der Waals surface area contributed by atoms with E-state index in [-0.39, 0.29) is 54.8 Å². The maximum Gasteiger partial charge on any atom is 0.264 e. The van der Waals surface area contributed by atoms with Crippen molar-refractivity contribution < 1.29 is 29.0 Å². The zero-order valence-corrected chi connectivity index (χ0v) is 30.1. The third kappa shape index (κ3) is 6.40. The van der Waals surface area contributed by atoms with Crippen LogP contribution >= 0.6 is 0 Å². The molecule has 2 saturated heterocycles. The molecule has 3 amide bonds. The monoisotopic (exact) mass is 684 g/mol. The first-order chi connectivity index (χ1) is 23.5. The molecule has 0 unspecified atom stereocenters. The Balaban J connectivity index is 1.39. The normalized spacial score (nSPS) is 24.7. The summed E-state index contributed by atoms with van der Waals surface area (Å²) in [7, 11) is 0.926. The Bertz CT molecular complexity index is 1680. The highest BCUT2D eigenvalue weighted by molar-refractivity contribution is 6.91. The van der Waals surface area contributed by atoms with Gasteiger partial charge in [-0.3, -0.25) is 14.4 Å². The Morgan fingerprint density at radius 3 is 2.51 bits per heavy atom. The van der Waals surface area contributed by atoms with E-state index in [0.29, 0.717) is 17.8 Å². The fourth-order valence-corrected chi connectivity index (χ4v) is 12.4. The van der Waals surface area contributed by atoms with E-state index >= 15 is 0 Å². The largest absolute Gasteiger partial charge is 0.497 e. The predicted octanol–water partition coefficient (Wildman–Crippen LogP) is 3.99. The Morgan fingerprint density at radius 2 is 1.86 bits per heavy atom. The van der Waals surface area contributed by atoms with Crippen LogP contribution in [0.4, 0.5) is 11.4 Å². The van der Waals surface area contributed by atoms with Crippen LogP contribution in [0.15, 0.2) is 72.8 Å². The Morgan fingerprint density at radius 1 is 1.12 bits per heavy atom. The molecular weight excluding hydrogens is 637 g/mol. The molecule has 49 heavy (non-hydrogen) atoms. The number of fused-ring (bicyclic) bond motifs is 2. The minimum absolute atomic E-state index is 0.0618. The standard InChI is InChI=1S/C38H48N4O6Si/c1-25-35(49(4,5)29-16-14-28(47-3)15-17-29)33(23-34(44)42(20-21-43)24-26-10-7-6-8-11-26)48-38(25)30-22-27(13-18-32(30)41(2)37(38)46)40-36(45)31-12-9-19-39-31/h6-8,10-11,13-18,22,25,31,33,35,39,43H,9,12,19-21,23-24H2,1-5H3,(H,40,45)/t25-,31-,33+,35-,38+/m1/s1. The van der Waals surface area contributed by atoms with Crippen molar-refractivity contribution in [2.75, 3.05) is 44.1 Å². The van der Waals surface area contributed by atoms with E-state index in [1.165, 1.54) is 5.19 Å². The third-order valence-electron chi connectivity index (χ3n) is 10.9. The maximum atomic E-state index is 14.5. The van der Waals surface area contributed by atoms with Crippen LogP contribution in [0.5, 0.6) is 5.75 Å². The molecule has 10 nitrogen and oxygen atoms in total. The van der Waals surface area contributed by atoms with Crippen LogP contribution in [0.1, 0.15) is 37.3 Å². The zero-order chi connectivity index (χ0) is 34.9. The quantitative estimate of drug-likeness (QED) is 0.262. The molecule has 11 heteroatoms. The third-order valence-corrected chi connectivity index (χ3v) is 15.3. The van der Waals surface area contributed by atoms with Gasteiger partial charge in [0.1, 0.15) is 5.75 Å². The minimum Gasteiger partial charge on any atom is -0.497 e. The summed E-state index contributed by atoms with van der Waals surface area (Å²) < 4.78 is 12.5. The molecule has 0 bridgehead atoms. The van der Waals surface area contributed by atoms with Gasteiger partial charge in [0.25, 0.3) is 5.91 Å². The number of hydrogen-bond acceptors (Lipinski definition) is 7. The van der Waals surface area contributed by atoms with Gasteiger partial charge in [-0.1, -0.05) is 67.7 Å². The lowest BCUT2D eigenvalue weighted by Gasteiger charge is -2.37. The molecule has 3 aliphatic heterocycles. The predicted molar refractivity (Wildman–Crippen MR) is 193 cm³/mol.